The molecule has 0 unspecified atom stereocenters. The van der Waals surface area contributed by atoms with Gasteiger partial charge in [-0.15, -0.1) is 0 Å². The van der Waals surface area contributed by atoms with Crippen LogP contribution in [0, 0.1) is 6.92 Å². The number of aromatic nitrogens is 1. The predicted octanol–water partition coefficient (Wildman–Crippen LogP) is 5.39. The maximum atomic E-state index is 11.6. The summed E-state index contributed by atoms with van der Waals surface area (Å²) >= 11 is 6.07. The molecule has 0 spiro atoms. The summed E-state index contributed by atoms with van der Waals surface area (Å²) < 4.78 is 11.4. The highest BCUT2D eigenvalue weighted by Crippen LogP contribution is 2.32. The van der Waals surface area contributed by atoms with E-state index in [1.54, 1.807) is 24.3 Å². The van der Waals surface area contributed by atoms with Crippen LogP contribution in [0.5, 0.6) is 11.5 Å². The summed E-state index contributed by atoms with van der Waals surface area (Å²) in [5.74, 6) is 0.198. The summed E-state index contributed by atoms with van der Waals surface area (Å²) in [7, 11) is 0. The van der Waals surface area contributed by atoms with Crippen molar-refractivity contribution in [1.82, 2.24) is 4.98 Å². The van der Waals surface area contributed by atoms with Crippen molar-refractivity contribution in [2.45, 2.75) is 20.5 Å². The first-order valence-corrected chi connectivity index (χ1v) is 9.21. The average Bonchev–Trinajstić information content (AvgIpc) is 2.66. The zero-order valence-electron chi connectivity index (χ0n) is 15.6. The average molecular weight is 398 g/mol. The van der Waals surface area contributed by atoms with Gasteiger partial charge in [0, 0.05) is 10.6 Å². The number of ether oxygens (including phenoxy) is 2. The third-order valence-corrected chi connectivity index (χ3v) is 4.32. The number of carboxylic acid groups (broad SMARTS) is 1. The summed E-state index contributed by atoms with van der Waals surface area (Å²) in [4.78, 5) is 16.2. The van der Waals surface area contributed by atoms with Crippen LogP contribution in [-0.4, -0.2) is 22.7 Å². The molecule has 0 amide bonds. The molecule has 0 aliphatic rings. The van der Waals surface area contributed by atoms with Crippen molar-refractivity contribution in [1.29, 1.82) is 0 Å². The van der Waals surface area contributed by atoms with E-state index in [2.05, 4.69) is 4.98 Å². The van der Waals surface area contributed by atoms with Gasteiger partial charge in [0.25, 0.3) is 0 Å². The van der Waals surface area contributed by atoms with Crippen LogP contribution >= 0.6 is 11.6 Å². The van der Waals surface area contributed by atoms with Gasteiger partial charge in [0.1, 0.15) is 18.1 Å². The summed E-state index contributed by atoms with van der Waals surface area (Å²) in [5.41, 5.74) is 2.82. The van der Waals surface area contributed by atoms with Gasteiger partial charge in [0.05, 0.1) is 23.6 Å². The maximum absolute atomic E-state index is 11.6. The topological polar surface area (TPSA) is 68.7 Å². The Morgan fingerprint density at radius 3 is 2.64 bits per heavy atom. The number of aromatic carboxylic acids is 1. The van der Waals surface area contributed by atoms with Gasteiger partial charge in [-0.2, -0.15) is 0 Å². The first-order valence-electron chi connectivity index (χ1n) is 8.83. The highest BCUT2D eigenvalue weighted by Gasteiger charge is 2.16. The fourth-order valence-electron chi connectivity index (χ4n) is 2.80. The molecule has 1 N–H and O–H groups in total. The molecule has 0 radical (unpaired) electrons. The lowest BCUT2D eigenvalue weighted by Gasteiger charge is -2.13. The molecule has 1 heterocycles. The van der Waals surface area contributed by atoms with Crippen LogP contribution in [0.3, 0.4) is 0 Å². The Labute approximate surface area is 168 Å². The number of carboxylic acids is 1. The molecule has 0 aliphatic heterocycles. The van der Waals surface area contributed by atoms with Gasteiger partial charge in [0.15, 0.2) is 0 Å². The van der Waals surface area contributed by atoms with Crippen LogP contribution in [0.4, 0.5) is 0 Å². The van der Waals surface area contributed by atoms with Crippen molar-refractivity contribution in [3.8, 4) is 22.8 Å². The van der Waals surface area contributed by atoms with Gasteiger partial charge in [-0.3, -0.25) is 0 Å². The molecular weight excluding hydrogens is 378 g/mol. The third-order valence-electron chi connectivity index (χ3n) is 4.09. The highest BCUT2D eigenvalue weighted by molar-refractivity contribution is 6.30. The van der Waals surface area contributed by atoms with Crippen molar-refractivity contribution < 1.29 is 19.4 Å². The number of benzene rings is 2. The van der Waals surface area contributed by atoms with Crippen molar-refractivity contribution >= 4 is 17.6 Å². The Balaban J connectivity index is 1.97. The van der Waals surface area contributed by atoms with Crippen molar-refractivity contribution in [2.24, 2.45) is 0 Å². The van der Waals surface area contributed by atoms with E-state index in [0.717, 1.165) is 11.1 Å². The molecule has 5 nitrogen and oxygen atoms in total. The minimum atomic E-state index is -1.05. The van der Waals surface area contributed by atoms with E-state index in [-0.39, 0.29) is 12.2 Å². The SMILES string of the molecule is CCOc1cc(Cl)ccc1-c1ccc(C(=O)O)c(COc2cccc(C)c2)n1. The lowest BCUT2D eigenvalue weighted by molar-refractivity contribution is 0.0693. The molecule has 0 saturated heterocycles. The molecule has 144 valence electrons. The second-order valence-electron chi connectivity index (χ2n) is 6.17. The number of nitrogens with zero attached hydrogens (tertiary/aromatic N) is 1. The zero-order valence-corrected chi connectivity index (χ0v) is 16.4. The van der Waals surface area contributed by atoms with E-state index >= 15 is 0 Å². The van der Waals surface area contributed by atoms with E-state index in [9.17, 15) is 9.90 Å². The quantitative estimate of drug-likeness (QED) is 0.579. The molecule has 6 heteroatoms. The van der Waals surface area contributed by atoms with Crippen LogP contribution in [-0.2, 0) is 6.61 Å². The van der Waals surface area contributed by atoms with E-state index in [0.29, 0.717) is 34.5 Å². The molecular formula is C22H20ClNO4. The summed E-state index contributed by atoms with van der Waals surface area (Å²) in [5, 5.41) is 10.1. The van der Waals surface area contributed by atoms with Crippen LogP contribution in [0.2, 0.25) is 5.02 Å². The molecule has 2 aromatic carbocycles. The summed E-state index contributed by atoms with van der Waals surface area (Å²) in [6, 6.07) is 16.0. The van der Waals surface area contributed by atoms with Crippen molar-refractivity contribution in [3.05, 3.63) is 76.4 Å². The predicted molar refractivity (Wildman–Crippen MR) is 108 cm³/mol. The monoisotopic (exact) mass is 397 g/mol. The molecule has 3 aromatic rings. The van der Waals surface area contributed by atoms with E-state index in [4.69, 9.17) is 21.1 Å². The fourth-order valence-corrected chi connectivity index (χ4v) is 2.96. The molecule has 0 fully saturated rings. The molecule has 3 rings (SSSR count). The Hall–Kier alpha value is -3.05. The Morgan fingerprint density at radius 2 is 1.93 bits per heavy atom. The Morgan fingerprint density at radius 1 is 1.11 bits per heavy atom. The van der Waals surface area contributed by atoms with Gasteiger partial charge < -0.3 is 14.6 Å². The number of hydrogen-bond donors (Lipinski definition) is 1. The smallest absolute Gasteiger partial charge is 0.337 e. The number of hydrogen-bond acceptors (Lipinski definition) is 4. The van der Waals surface area contributed by atoms with E-state index in [1.165, 1.54) is 6.07 Å². The lowest BCUT2D eigenvalue weighted by Crippen LogP contribution is -2.09. The minimum Gasteiger partial charge on any atom is -0.493 e. The van der Waals surface area contributed by atoms with Crippen molar-refractivity contribution in [2.75, 3.05) is 6.61 Å². The number of aryl methyl sites for hydroxylation is 1. The van der Waals surface area contributed by atoms with Gasteiger partial charge in [-0.05, 0) is 61.9 Å². The molecule has 1 aromatic heterocycles. The first kappa shape index (κ1) is 19.7. The summed E-state index contributed by atoms with van der Waals surface area (Å²) in [6.45, 7) is 4.36. The van der Waals surface area contributed by atoms with Gasteiger partial charge in [-0.25, -0.2) is 9.78 Å². The summed E-state index contributed by atoms with van der Waals surface area (Å²) in [6.07, 6.45) is 0. The lowest BCUT2D eigenvalue weighted by atomic mass is 10.1. The number of carbonyl (C=O) groups is 1. The van der Waals surface area contributed by atoms with Gasteiger partial charge >= 0.3 is 5.97 Å². The second-order valence-corrected chi connectivity index (χ2v) is 6.61. The zero-order chi connectivity index (χ0) is 20.1. The Bertz CT molecular complexity index is 1000. The number of halogens is 1. The number of rotatable bonds is 7. The molecule has 0 aliphatic carbocycles. The second kappa shape index (κ2) is 8.76. The van der Waals surface area contributed by atoms with Crippen LogP contribution in [0.25, 0.3) is 11.3 Å². The molecule has 0 bridgehead atoms. The molecule has 0 saturated carbocycles. The van der Waals surface area contributed by atoms with Gasteiger partial charge in [0.2, 0.25) is 0 Å². The highest BCUT2D eigenvalue weighted by atomic mass is 35.5. The molecule has 28 heavy (non-hydrogen) atoms. The first-order chi connectivity index (χ1) is 13.5. The van der Waals surface area contributed by atoms with Gasteiger partial charge in [-0.1, -0.05) is 23.7 Å². The third kappa shape index (κ3) is 4.61. The van der Waals surface area contributed by atoms with Crippen LogP contribution in [0.1, 0.15) is 28.5 Å². The van der Waals surface area contributed by atoms with Crippen LogP contribution in [0.15, 0.2) is 54.6 Å². The standard InChI is InChI=1S/C22H20ClNO4/c1-3-27-21-12-15(23)7-8-17(21)19-10-9-18(22(25)26)20(24-19)13-28-16-6-4-5-14(2)11-16/h4-12H,3,13H2,1-2H3,(H,25,26). The largest absolute Gasteiger partial charge is 0.493 e. The van der Waals surface area contributed by atoms with Crippen LogP contribution < -0.4 is 9.47 Å². The number of pyridine rings is 1. The fraction of sp³-hybridized carbons (Fsp3) is 0.182. The minimum absolute atomic E-state index is 0.0382. The normalized spacial score (nSPS) is 10.5. The molecule has 0 atom stereocenters. The van der Waals surface area contributed by atoms with Crippen molar-refractivity contribution in [3.63, 3.8) is 0 Å². The Kier molecular flexibility index (Phi) is 6.16. The van der Waals surface area contributed by atoms with E-state index in [1.807, 2.05) is 38.1 Å². The van der Waals surface area contributed by atoms with E-state index < -0.39 is 5.97 Å². The maximum Gasteiger partial charge on any atom is 0.337 e.